The Morgan fingerprint density at radius 3 is 2.71 bits per heavy atom. The summed E-state index contributed by atoms with van der Waals surface area (Å²) in [5.41, 5.74) is 0. The molecule has 0 aromatic carbocycles. The van der Waals surface area contributed by atoms with E-state index in [-0.39, 0.29) is 24.4 Å². The van der Waals surface area contributed by atoms with E-state index in [1.165, 1.54) is 6.42 Å². The molecule has 1 amide bonds. The lowest BCUT2D eigenvalue weighted by molar-refractivity contribution is -0.123. The fourth-order valence-corrected chi connectivity index (χ4v) is 1.95. The monoisotopic (exact) mass is 218 g/mol. The Morgan fingerprint density at radius 1 is 1.50 bits per heavy atom. The first-order valence-corrected chi connectivity index (χ1v) is 5.20. The summed E-state index contributed by atoms with van der Waals surface area (Å²) in [5, 5.41) is 6.30. The van der Waals surface area contributed by atoms with Gasteiger partial charge in [0.25, 0.3) is 0 Å². The third kappa shape index (κ3) is 2.61. The van der Waals surface area contributed by atoms with E-state index in [4.69, 9.17) is 0 Å². The van der Waals surface area contributed by atoms with E-state index in [0.717, 1.165) is 18.9 Å². The zero-order valence-corrected chi connectivity index (χ0v) is 9.56. The van der Waals surface area contributed by atoms with Gasteiger partial charge in [-0.2, -0.15) is 0 Å². The van der Waals surface area contributed by atoms with Gasteiger partial charge >= 0.3 is 0 Å². The van der Waals surface area contributed by atoms with Crippen molar-refractivity contribution in [3.8, 4) is 0 Å². The van der Waals surface area contributed by atoms with Crippen molar-refractivity contribution in [1.82, 2.24) is 10.6 Å². The second kappa shape index (κ2) is 4.49. The van der Waals surface area contributed by atoms with Crippen LogP contribution in [0.25, 0.3) is 0 Å². The smallest absolute Gasteiger partial charge is 0.237 e. The molecule has 1 saturated carbocycles. The van der Waals surface area contributed by atoms with Crippen molar-refractivity contribution in [3.63, 3.8) is 0 Å². The number of piperidine rings is 1. The van der Waals surface area contributed by atoms with Gasteiger partial charge < -0.3 is 10.6 Å². The molecular weight excluding hydrogens is 200 g/mol. The lowest BCUT2D eigenvalue weighted by Gasteiger charge is -2.14. The number of nitrogens with one attached hydrogen (secondary N) is 2. The number of fused-ring (bicyclic) bond motifs is 1. The van der Waals surface area contributed by atoms with Gasteiger partial charge in [-0.25, -0.2) is 0 Å². The second-order valence-corrected chi connectivity index (χ2v) is 4.70. The second-order valence-electron chi connectivity index (χ2n) is 4.70. The Morgan fingerprint density at radius 2 is 2.21 bits per heavy atom. The number of carbonyl (C=O) groups excluding carboxylic acids is 1. The van der Waals surface area contributed by atoms with Gasteiger partial charge in [0, 0.05) is 12.6 Å². The molecule has 2 N–H and O–H groups in total. The van der Waals surface area contributed by atoms with Crippen LogP contribution in [0.4, 0.5) is 0 Å². The van der Waals surface area contributed by atoms with Gasteiger partial charge in [0.05, 0.1) is 6.04 Å². The molecule has 1 saturated heterocycles. The topological polar surface area (TPSA) is 41.1 Å². The zero-order valence-electron chi connectivity index (χ0n) is 8.75. The van der Waals surface area contributed by atoms with Crippen molar-refractivity contribution in [2.75, 3.05) is 6.54 Å². The van der Waals surface area contributed by atoms with Gasteiger partial charge in [-0.05, 0) is 24.7 Å². The quantitative estimate of drug-likeness (QED) is 0.740. The minimum Gasteiger partial charge on any atom is -0.354 e. The fourth-order valence-electron chi connectivity index (χ4n) is 1.95. The molecule has 82 valence electrons. The number of halogens is 1. The summed E-state index contributed by atoms with van der Waals surface area (Å²) < 4.78 is 0. The zero-order chi connectivity index (χ0) is 9.42. The molecule has 0 radical (unpaired) electrons. The van der Waals surface area contributed by atoms with Crippen LogP contribution < -0.4 is 10.6 Å². The predicted octanol–water partition coefficient (Wildman–Crippen LogP) is 0.931. The van der Waals surface area contributed by atoms with Crippen molar-refractivity contribution in [2.24, 2.45) is 11.8 Å². The summed E-state index contributed by atoms with van der Waals surface area (Å²) in [6.45, 7) is 5.02. The Bertz CT molecular complexity index is 210. The average Bonchev–Trinajstić information content (AvgIpc) is 2.69. The fraction of sp³-hybridized carbons (Fsp3) is 0.900. The molecule has 2 rings (SSSR count). The first kappa shape index (κ1) is 11.8. The van der Waals surface area contributed by atoms with E-state index in [9.17, 15) is 4.79 Å². The van der Waals surface area contributed by atoms with E-state index in [1.807, 2.05) is 0 Å². The molecule has 0 bridgehead atoms. The maximum absolute atomic E-state index is 11.5. The SMILES string of the molecule is CC(C)CNC(=O)[C@@H]1C[C@H]2C[C@H]2N1.Cl. The van der Waals surface area contributed by atoms with Crippen molar-refractivity contribution >= 4 is 18.3 Å². The highest BCUT2D eigenvalue weighted by Gasteiger charge is 2.47. The molecule has 3 atom stereocenters. The van der Waals surface area contributed by atoms with Crippen molar-refractivity contribution < 1.29 is 4.79 Å². The molecule has 1 aliphatic heterocycles. The average molecular weight is 219 g/mol. The van der Waals surface area contributed by atoms with Gasteiger partial charge in [0.15, 0.2) is 0 Å². The van der Waals surface area contributed by atoms with E-state index >= 15 is 0 Å². The molecule has 2 aliphatic rings. The van der Waals surface area contributed by atoms with Crippen LogP contribution in [0.15, 0.2) is 0 Å². The molecule has 0 spiro atoms. The van der Waals surface area contributed by atoms with Crippen LogP contribution >= 0.6 is 12.4 Å². The Balaban J connectivity index is 0.000000980. The number of hydrogen-bond acceptors (Lipinski definition) is 2. The minimum absolute atomic E-state index is 0. The highest BCUT2D eigenvalue weighted by atomic mass is 35.5. The molecule has 0 unspecified atom stereocenters. The molecule has 0 aromatic rings. The maximum atomic E-state index is 11.5. The Kier molecular flexibility index (Phi) is 3.78. The molecular formula is C10H19ClN2O. The lowest BCUT2D eigenvalue weighted by Crippen LogP contribution is -2.43. The van der Waals surface area contributed by atoms with Crippen LogP contribution in [-0.2, 0) is 4.79 Å². The first-order chi connectivity index (χ1) is 6.16. The first-order valence-electron chi connectivity index (χ1n) is 5.20. The number of rotatable bonds is 3. The van der Waals surface area contributed by atoms with E-state index in [2.05, 4.69) is 24.5 Å². The standard InChI is InChI=1S/C10H18N2O.ClH/c1-6(2)5-11-10(13)9-4-7-3-8(7)12-9;/h6-9,12H,3-5H2,1-2H3,(H,11,13);1H/t7-,8-,9+;/m1./s1. The molecule has 1 aliphatic carbocycles. The van der Waals surface area contributed by atoms with Crippen molar-refractivity contribution in [2.45, 2.75) is 38.8 Å². The summed E-state index contributed by atoms with van der Waals surface area (Å²) in [6, 6.07) is 0.761. The molecule has 0 aromatic heterocycles. The predicted molar refractivity (Wildman–Crippen MR) is 58.5 cm³/mol. The van der Waals surface area contributed by atoms with E-state index in [1.54, 1.807) is 0 Å². The minimum atomic E-state index is 0. The highest BCUT2D eigenvalue weighted by Crippen LogP contribution is 2.40. The van der Waals surface area contributed by atoms with Crippen LogP contribution in [-0.4, -0.2) is 24.5 Å². The van der Waals surface area contributed by atoms with Crippen LogP contribution in [0.1, 0.15) is 26.7 Å². The Hall–Kier alpha value is -0.280. The lowest BCUT2D eigenvalue weighted by atomic mass is 10.1. The van der Waals surface area contributed by atoms with Crippen LogP contribution in [0.2, 0.25) is 0 Å². The summed E-state index contributed by atoms with van der Waals surface area (Å²) in [6.07, 6.45) is 2.34. The largest absolute Gasteiger partial charge is 0.354 e. The van der Waals surface area contributed by atoms with Crippen molar-refractivity contribution in [1.29, 1.82) is 0 Å². The van der Waals surface area contributed by atoms with Gasteiger partial charge in [-0.15, -0.1) is 12.4 Å². The third-order valence-corrected chi connectivity index (χ3v) is 2.88. The van der Waals surface area contributed by atoms with Crippen LogP contribution in [0, 0.1) is 11.8 Å². The molecule has 2 fully saturated rings. The third-order valence-electron chi connectivity index (χ3n) is 2.88. The van der Waals surface area contributed by atoms with Gasteiger partial charge in [0.1, 0.15) is 0 Å². The van der Waals surface area contributed by atoms with Gasteiger partial charge in [-0.1, -0.05) is 13.8 Å². The highest BCUT2D eigenvalue weighted by molar-refractivity contribution is 5.85. The van der Waals surface area contributed by atoms with Crippen molar-refractivity contribution in [3.05, 3.63) is 0 Å². The summed E-state index contributed by atoms with van der Waals surface area (Å²) >= 11 is 0. The number of amides is 1. The van der Waals surface area contributed by atoms with Gasteiger partial charge in [0.2, 0.25) is 5.91 Å². The summed E-state index contributed by atoms with van der Waals surface area (Å²) in [7, 11) is 0. The Labute approximate surface area is 91.4 Å². The van der Waals surface area contributed by atoms with Crippen LogP contribution in [0.5, 0.6) is 0 Å². The van der Waals surface area contributed by atoms with Crippen LogP contribution in [0.3, 0.4) is 0 Å². The number of hydrogen-bond donors (Lipinski definition) is 2. The normalized spacial score (nSPS) is 33.5. The van der Waals surface area contributed by atoms with E-state index in [0.29, 0.717) is 12.0 Å². The summed E-state index contributed by atoms with van der Waals surface area (Å²) in [4.78, 5) is 11.5. The molecule has 3 nitrogen and oxygen atoms in total. The molecule has 14 heavy (non-hydrogen) atoms. The van der Waals surface area contributed by atoms with E-state index < -0.39 is 0 Å². The van der Waals surface area contributed by atoms with Gasteiger partial charge in [-0.3, -0.25) is 4.79 Å². The number of carbonyl (C=O) groups is 1. The maximum Gasteiger partial charge on any atom is 0.237 e. The molecule has 1 heterocycles. The molecule has 4 heteroatoms. The summed E-state index contributed by atoms with van der Waals surface area (Å²) in [5.74, 6) is 1.54.